The predicted octanol–water partition coefficient (Wildman–Crippen LogP) is 2.53. The molecule has 5 nitrogen and oxygen atoms in total. The van der Waals surface area contributed by atoms with E-state index in [2.05, 4.69) is 4.99 Å². The number of rotatable bonds is 3. The van der Waals surface area contributed by atoms with E-state index in [0.717, 1.165) is 31.2 Å². The zero-order valence-electron chi connectivity index (χ0n) is 10.8. The number of hydrogen-bond donors (Lipinski definition) is 0. The van der Waals surface area contributed by atoms with E-state index in [9.17, 15) is 4.79 Å². The van der Waals surface area contributed by atoms with Crippen molar-refractivity contribution in [2.24, 2.45) is 4.99 Å². The molecule has 0 radical (unpaired) electrons. The minimum atomic E-state index is -0.577. The van der Waals surface area contributed by atoms with E-state index >= 15 is 0 Å². The topological polar surface area (TPSA) is 57.1 Å². The standard InChI is InChI=1S/C14H15NO4/c1-17-10-4-5-11-13(19-9-18-11)12(10)14(15-8-16)6-2-3-7-14/h4-5H,2-3,6-7,9H2,1H3. The third-order valence-electron chi connectivity index (χ3n) is 3.88. The molecule has 1 saturated carbocycles. The SMILES string of the molecule is COc1ccc2c(c1C1(N=C=O)CCCC1)OCO2. The second-order valence-corrected chi connectivity index (χ2v) is 4.82. The molecule has 0 unspecified atom stereocenters. The minimum Gasteiger partial charge on any atom is -0.496 e. The molecule has 0 bridgehead atoms. The quantitative estimate of drug-likeness (QED) is 0.619. The van der Waals surface area contributed by atoms with Crippen LogP contribution in [0.4, 0.5) is 0 Å². The highest BCUT2D eigenvalue weighted by Gasteiger charge is 2.42. The van der Waals surface area contributed by atoms with Crippen LogP contribution >= 0.6 is 0 Å². The van der Waals surface area contributed by atoms with Crippen molar-refractivity contribution in [3.63, 3.8) is 0 Å². The van der Waals surface area contributed by atoms with E-state index in [1.54, 1.807) is 13.2 Å². The fraction of sp³-hybridized carbons (Fsp3) is 0.500. The summed E-state index contributed by atoms with van der Waals surface area (Å²) in [7, 11) is 1.61. The first kappa shape index (κ1) is 12.1. The van der Waals surface area contributed by atoms with Crippen LogP contribution in [0, 0.1) is 0 Å². The van der Waals surface area contributed by atoms with E-state index < -0.39 is 5.54 Å². The zero-order chi connectivity index (χ0) is 13.3. The molecule has 0 amide bonds. The van der Waals surface area contributed by atoms with Crippen molar-refractivity contribution in [3.05, 3.63) is 17.7 Å². The highest BCUT2D eigenvalue weighted by atomic mass is 16.7. The van der Waals surface area contributed by atoms with Crippen LogP contribution in [0.5, 0.6) is 17.2 Å². The maximum Gasteiger partial charge on any atom is 0.235 e. The van der Waals surface area contributed by atoms with Gasteiger partial charge in [0.15, 0.2) is 11.5 Å². The molecular formula is C14H15NO4. The van der Waals surface area contributed by atoms with Gasteiger partial charge >= 0.3 is 0 Å². The summed E-state index contributed by atoms with van der Waals surface area (Å²) in [6.07, 6.45) is 5.38. The molecule has 0 aromatic heterocycles. The van der Waals surface area contributed by atoms with Crippen molar-refractivity contribution in [3.8, 4) is 17.2 Å². The zero-order valence-corrected chi connectivity index (χ0v) is 10.8. The number of methoxy groups -OCH3 is 1. The van der Waals surface area contributed by atoms with Crippen LogP contribution in [0.25, 0.3) is 0 Å². The summed E-state index contributed by atoms with van der Waals surface area (Å²) in [5, 5.41) is 0. The fourth-order valence-corrected chi connectivity index (χ4v) is 3.03. The van der Waals surface area contributed by atoms with Crippen LogP contribution < -0.4 is 14.2 Å². The second kappa shape index (κ2) is 4.59. The van der Waals surface area contributed by atoms with Crippen molar-refractivity contribution in [2.75, 3.05) is 13.9 Å². The van der Waals surface area contributed by atoms with Crippen LogP contribution in [0.15, 0.2) is 17.1 Å². The normalized spacial score (nSPS) is 19.0. The van der Waals surface area contributed by atoms with Gasteiger partial charge in [-0.3, -0.25) is 0 Å². The Balaban J connectivity index is 2.22. The second-order valence-electron chi connectivity index (χ2n) is 4.82. The third kappa shape index (κ3) is 1.78. The Morgan fingerprint density at radius 2 is 2.11 bits per heavy atom. The number of nitrogens with zero attached hydrogens (tertiary/aromatic N) is 1. The molecule has 1 aromatic carbocycles. The summed E-state index contributed by atoms with van der Waals surface area (Å²) in [4.78, 5) is 14.9. The van der Waals surface area contributed by atoms with Gasteiger partial charge in [-0.25, -0.2) is 4.79 Å². The number of aliphatic imine (C=N–C) groups is 1. The summed E-state index contributed by atoms with van der Waals surface area (Å²) < 4.78 is 16.4. The van der Waals surface area contributed by atoms with Crippen LogP contribution in [0.2, 0.25) is 0 Å². The average Bonchev–Trinajstić information content (AvgIpc) is 3.06. The summed E-state index contributed by atoms with van der Waals surface area (Å²) in [6.45, 7) is 0.191. The first-order valence-corrected chi connectivity index (χ1v) is 6.37. The molecule has 0 atom stereocenters. The Morgan fingerprint density at radius 3 is 2.79 bits per heavy atom. The molecule has 3 rings (SSSR count). The van der Waals surface area contributed by atoms with E-state index in [1.165, 1.54) is 0 Å². The predicted molar refractivity (Wildman–Crippen MR) is 67.4 cm³/mol. The van der Waals surface area contributed by atoms with Gasteiger partial charge in [0.1, 0.15) is 11.3 Å². The monoisotopic (exact) mass is 261 g/mol. The lowest BCUT2D eigenvalue weighted by atomic mass is 9.87. The lowest BCUT2D eigenvalue weighted by molar-refractivity contribution is 0.171. The number of carbonyl (C=O) groups excluding carboxylic acids is 1. The van der Waals surface area contributed by atoms with Gasteiger partial charge in [-0.2, -0.15) is 4.99 Å². The van der Waals surface area contributed by atoms with Gasteiger partial charge in [-0.1, -0.05) is 12.8 Å². The molecule has 1 aromatic rings. The molecule has 1 aliphatic carbocycles. The first-order valence-electron chi connectivity index (χ1n) is 6.37. The van der Waals surface area contributed by atoms with Gasteiger partial charge in [0.2, 0.25) is 12.9 Å². The smallest absolute Gasteiger partial charge is 0.235 e. The summed E-state index contributed by atoms with van der Waals surface area (Å²) in [6, 6.07) is 3.65. The van der Waals surface area contributed by atoms with Crippen molar-refractivity contribution >= 4 is 6.08 Å². The molecule has 5 heteroatoms. The van der Waals surface area contributed by atoms with E-state index in [0.29, 0.717) is 17.2 Å². The summed E-state index contributed by atoms with van der Waals surface area (Å²) in [5.74, 6) is 2.02. The van der Waals surface area contributed by atoms with Crippen molar-refractivity contribution in [1.29, 1.82) is 0 Å². The molecule has 1 heterocycles. The molecule has 1 fully saturated rings. The summed E-state index contributed by atoms with van der Waals surface area (Å²) >= 11 is 0. The van der Waals surface area contributed by atoms with Crippen LogP contribution in [0.3, 0.4) is 0 Å². The highest BCUT2D eigenvalue weighted by Crippen LogP contribution is 2.53. The van der Waals surface area contributed by atoms with Gasteiger partial charge in [-0.15, -0.1) is 0 Å². The number of hydrogen-bond acceptors (Lipinski definition) is 5. The van der Waals surface area contributed by atoms with Crippen molar-refractivity contribution < 1.29 is 19.0 Å². The number of fused-ring (bicyclic) bond motifs is 1. The Morgan fingerprint density at radius 1 is 1.32 bits per heavy atom. The Hall–Kier alpha value is -2.00. The lowest BCUT2D eigenvalue weighted by Crippen LogP contribution is -2.20. The molecule has 19 heavy (non-hydrogen) atoms. The Kier molecular flexibility index (Phi) is 2.91. The minimum absolute atomic E-state index is 0.191. The maximum atomic E-state index is 10.8. The maximum absolute atomic E-state index is 10.8. The average molecular weight is 261 g/mol. The molecule has 0 N–H and O–H groups in total. The van der Waals surface area contributed by atoms with Gasteiger partial charge < -0.3 is 14.2 Å². The van der Waals surface area contributed by atoms with Crippen LogP contribution in [0.1, 0.15) is 31.2 Å². The number of benzene rings is 1. The van der Waals surface area contributed by atoms with E-state index in [4.69, 9.17) is 14.2 Å². The van der Waals surface area contributed by atoms with E-state index in [1.807, 2.05) is 12.1 Å². The highest BCUT2D eigenvalue weighted by molar-refractivity contribution is 5.59. The number of isocyanates is 1. The molecular weight excluding hydrogens is 246 g/mol. The van der Waals surface area contributed by atoms with Gasteiger partial charge in [0.05, 0.1) is 12.7 Å². The molecule has 0 saturated heterocycles. The summed E-state index contributed by atoms with van der Waals surface area (Å²) in [5.41, 5.74) is 0.248. The van der Waals surface area contributed by atoms with Crippen molar-refractivity contribution in [2.45, 2.75) is 31.2 Å². The number of ether oxygens (including phenoxy) is 3. The fourth-order valence-electron chi connectivity index (χ4n) is 3.03. The van der Waals surface area contributed by atoms with Gasteiger partial charge in [0, 0.05) is 0 Å². The Labute approximate surface area is 111 Å². The van der Waals surface area contributed by atoms with Crippen molar-refractivity contribution in [1.82, 2.24) is 0 Å². The Bertz CT molecular complexity index is 543. The van der Waals surface area contributed by atoms with Gasteiger partial charge in [0.25, 0.3) is 0 Å². The largest absolute Gasteiger partial charge is 0.496 e. The van der Waals surface area contributed by atoms with Crippen LogP contribution in [-0.2, 0) is 10.3 Å². The molecule has 2 aliphatic rings. The van der Waals surface area contributed by atoms with Gasteiger partial charge in [-0.05, 0) is 25.0 Å². The molecule has 100 valence electrons. The lowest BCUT2D eigenvalue weighted by Gasteiger charge is -2.26. The molecule has 0 spiro atoms. The van der Waals surface area contributed by atoms with E-state index in [-0.39, 0.29) is 6.79 Å². The third-order valence-corrected chi connectivity index (χ3v) is 3.88. The first-order chi connectivity index (χ1) is 9.30. The van der Waals surface area contributed by atoms with Crippen LogP contribution in [-0.4, -0.2) is 20.0 Å². The molecule has 1 aliphatic heterocycles.